The second-order valence-corrected chi connectivity index (χ2v) is 3.40. The van der Waals surface area contributed by atoms with Crippen molar-refractivity contribution < 1.29 is 17.9 Å². The number of hydrogen-bond donors (Lipinski definition) is 1. The van der Waals surface area contributed by atoms with Gasteiger partial charge in [-0.2, -0.15) is 13.2 Å². The molecule has 3 nitrogen and oxygen atoms in total. The fraction of sp³-hybridized carbons (Fsp3) is 0.667. The van der Waals surface area contributed by atoms with Crippen LogP contribution in [-0.4, -0.2) is 36.6 Å². The zero-order chi connectivity index (χ0) is 11.6. The number of allylic oxidation sites excluding steroid dienone is 1. The molecule has 0 aromatic heterocycles. The van der Waals surface area contributed by atoms with E-state index in [0.717, 1.165) is 0 Å². The van der Waals surface area contributed by atoms with Gasteiger partial charge in [-0.3, -0.25) is 5.41 Å². The highest BCUT2D eigenvalue weighted by molar-refractivity contribution is 5.94. The van der Waals surface area contributed by atoms with Crippen molar-refractivity contribution in [3.05, 3.63) is 11.8 Å². The molecule has 1 saturated heterocycles. The first-order valence-electron chi connectivity index (χ1n) is 4.52. The Kier molecular flexibility index (Phi) is 3.26. The highest BCUT2D eigenvalue weighted by Crippen LogP contribution is 2.27. The van der Waals surface area contributed by atoms with Crippen LogP contribution in [0.15, 0.2) is 11.8 Å². The molecule has 0 aliphatic carbocycles. The maximum absolute atomic E-state index is 12.2. The van der Waals surface area contributed by atoms with Crippen LogP contribution < -0.4 is 0 Å². The van der Waals surface area contributed by atoms with E-state index in [4.69, 9.17) is 10.1 Å². The van der Waals surface area contributed by atoms with E-state index in [1.807, 2.05) is 0 Å². The Bertz CT molecular complexity index is 286. The van der Waals surface area contributed by atoms with Crippen molar-refractivity contribution in [2.24, 2.45) is 0 Å². The number of morpholine rings is 1. The summed E-state index contributed by atoms with van der Waals surface area (Å²) in [5.74, 6) is 0.328. The summed E-state index contributed by atoms with van der Waals surface area (Å²) in [6.07, 6.45) is -3.61. The van der Waals surface area contributed by atoms with E-state index >= 15 is 0 Å². The highest BCUT2D eigenvalue weighted by atomic mass is 19.4. The summed E-state index contributed by atoms with van der Waals surface area (Å²) in [7, 11) is 1.48. The van der Waals surface area contributed by atoms with Gasteiger partial charge < -0.3 is 9.64 Å². The molecule has 0 saturated carbocycles. The van der Waals surface area contributed by atoms with Gasteiger partial charge in [0.25, 0.3) is 0 Å². The van der Waals surface area contributed by atoms with Gasteiger partial charge in [-0.15, -0.1) is 0 Å². The fourth-order valence-corrected chi connectivity index (χ4v) is 1.41. The summed E-state index contributed by atoms with van der Waals surface area (Å²) in [5, 5.41) is 7.56. The first kappa shape index (κ1) is 11.9. The van der Waals surface area contributed by atoms with Crippen LogP contribution in [0, 0.1) is 5.41 Å². The molecule has 86 valence electrons. The Morgan fingerprint density at radius 2 is 2.20 bits per heavy atom. The third kappa shape index (κ3) is 2.87. The molecule has 1 fully saturated rings. The zero-order valence-electron chi connectivity index (χ0n) is 8.56. The normalized spacial score (nSPS) is 25.7. The van der Waals surface area contributed by atoms with Gasteiger partial charge in [0.05, 0.1) is 12.5 Å². The van der Waals surface area contributed by atoms with Crippen molar-refractivity contribution in [1.29, 1.82) is 5.41 Å². The standard InChI is InChI=1S/C9H13F3N2O/c1-3-7-8(13)14(2)6(5-15-7)4-9(10,11)12/h3,6,13H,4-5H2,1-2H3. The molecule has 1 rings (SSSR count). The van der Waals surface area contributed by atoms with Crippen molar-refractivity contribution in [2.45, 2.75) is 25.6 Å². The second kappa shape index (κ2) is 4.12. The number of alkyl halides is 3. The Balaban J connectivity index is 2.69. The van der Waals surface area contributed by atoms with Crippen LogP contribution in [0.1, 0.15) is 13.3 Å². The number of rotatable bonds is 1. The zero-order valence-corrected chi connectivity index (χ0v) is 8.56. The smallest absolute Gasteiger partial charge is 0.391 e. The largest absolute Gasteiger partial charge is 0.488 e. The van der Waals surface area contributed by atoms with Crippen molar-refractivity contribution in [1.82, 2.24) is 4.90 Å². The molecule has 0 radical (unpaired) electrons. The molecule has 0 bridgehead atoms. The van der Waals surface area contributed by atoms with Crippen LogP contribution in [-0.2, 0) is 4.74 Å². The van der Waals surface area contributed by atoms with Gasteiger partial charge in [0.2, 0.25) is 0 Å². The number of nitrogens with zero attached hydrogens (tertiary/aromatic N) is 1. The van der Waals surface area contributed by atoms with Crippen LogP contribution in [0.4, 0.5) is 13.2 Å². The third-order valence-corrected chi connectivity index (χ3v) is 2.29. The molecule has 1 aliphatic heterocycles. The first-order chi connectivity index (χ1) is 6.85. The first-order valence-corrected chi connectivity index (χ1v) is 4.52. The molecule has 1 heterocycles. The van der Waals surface area contributed by atoms with Crippen LogP contribution in [0.25, 0.3) is 0 Å². The lowest BCUT2D eigenvalue weighted by Crippen LogP contribution is -2.47. The van der Waals surface area contributed by atoms with Gasteiger partial charge in [-0.1, -0.05) is 0 Å². The molecule has 0 spiro atoms. The lowest BCUT2D eigenvalue weighted by atomic mass is 10.1. The Hall–Kier alpha value is -1.20. The monoisotopic (exact) mass is 222 g/mol. The number of ether oxygens (including phenoxy) is 1. The third-order valence-electron chi connectivity index (χ3n) is 2.29. The molecular formula is C9H13F3N2O. The topological polar surface area (TPSA) is 36.3 Å². The van der Waals surface area contributed by atoms with E-state index < -0.39 is 18.6 Å². The molecular weight excluding hydrogens is 209 g/mol. The van der Waals surface area contributed by atoms with Gasteiger partial charge in [0, 0.05) is 7.05 Å². The SMILES string of the molecule is CC=C1OCC(CC(F)(F)F)N(C)C1=N. The van der Waals surface area contributed by atoms with E-state index in [1.54, 1.807) is 13.0 Å². The maximum atomic E-state index is 12.2. The minimum atomic E-state index is -4.23. The quantitative estimate of drug-likeness (QED) is 0.738. The molecule has 1 atom stereocenters. The van der Waals surface area contributed by atoms with Crippen molar-refractivity contribution >= 4 is 5.84 Å². The van der Waals surface area contributed by atoms with Crippen molar-refractivity contribution in [3.63, 3.8) is 0 Å². The molecule has 0 amide bonds. The summed E-state index contributed by atoms with van der Waals surface area (Å²) in [6, 6.07) is -0.804. The fourth-order valence-electron chi connectivity index (χ4n) is 1.41. The lowest BCUT2D eigenvalue weighted by molar-refractivity contribution is -0.148. The lowest BCUT2D eigenvalue weighted by Gasteiger charge is -2.36. The summed E-state index contributed by atoms with van der Waals surface area (Å²) >= 11 is 0. The van der Waals surface area contributed by atoms with E-state index in [9.17, 15) is 13.2 Å². The number of amidine groups is 1. The van der Waals surface area contributed by atoms with Gasteiger partial charge in [-0.05, 0) is 13.0 Å². The number of likely N-dealkylation sites (N-methyl/N-ethyl adjacent to an activating group) is 1. The van der Waals surface area contributed by atoms with Gasteiger partial charge in [-0.25, -0.2) is 0 Å². The summed E-state index contributed by atoms with van der Waals surface area (Å²) in [5.41, 5.74) is 0. The van der Waals surface area contributed by atoms with E-state index in [0.29, 0.717) is 5.76 Å². The molecule has 1 aliphatic rings. The van der Waals surface area contributed by atoms with Crippen molar-refractivity contribution in [3.8, 4) is 0 Å². The summed E-state index contributed by atoms with van der Waals surface area (Å²) < 4.78 is 41.5. The van der Waals surface area contributed by atoms with E-state index in [2.05, 4.69) is 0 Å². The van der Waals surface area contributed by atoms with Gasteiger partial charge in [0.1, 0.15) is 6.61 Å². The Morgan fingerprint density at radius 3 is 2.67 bits per heavy atom. The molecule has 1 N–H and O–H groups in total. The molecule has 6 heteroatoms. The van der Waals surface area contributed by atoms with Crippen molar-refractivity contribution in [2.75, 3.05) is 13.7 Å². The van der Waals surface area contributed by atoms with Gasteiger partial charge >= 0.3 is 6.18 Å². The average Bonchev–Trinajstić information content (AvgIpc) is 2.11. The number of nitrogens with one attached hydrogen (secondary N) is 1. The Morgan fingerprint density at radius 1 is 1.60 bits per heavy atom. The van der Waals surface area contributed by atoms with Crippen LogP contribution >= 0.6 is 0 Å². The Labute approximate surface area is 86.0 Å². The minimum Gasteiger partial charge on any atom is -0.488 e. The molecule has 1 unspecified atom stereocenters. The predicted octanol–water partition coefficient (Wildman–Crippen LogP) is 2.15. The van der Waals surface area contributed by atoms with Crippen LogP contribution in [0.2, 0.25) is 0 Å². The molecule has 0 aromatic carbocycles. The van der Waals surface area contributed by atoms with Crippen LogP contribution in [0.3, 0.4) is 0 Å². The van der Waals surface area contributed by atoms with E-state index in [-0.39, 0.29) is 12.4 Å². The highest BCUT2D eigenvalue weighted by Gasteiger charge is 2.37. The van der Waals surface area contributed by atoms with Crippen LogP contribution in [0.5, 0.6) is 0 Å². The summed E-state index contributed by atoms with van der Waals surface area (Å²) in [6.45, 7) is 1.65. The summed E-state index contributed by atoms with van der Waals surface area (Å²) in [4.78, 5) is 1.30. The number of hydrogen-bond acceptors (Lipinski definition) is 2. The minimum absolute atomic E-state index is 0.00185. The van der Waals surface area contributed by atoms with E-state index in [1.165, 1.54) is 11.9 Å². The predicted molar refractivity (Wildman–Crippen MR) is 49.7 cm³/mol. The molecule has 0 aromatic rings. The average molecular weight is 222 g/mol. The molecule has 15 heavy (non-hydrogen) atoms. The number of halogens is 3. The van der Waals surface area contributed by atoms with Gasteiger partial charge in [0.15, 0.2) is 11.6 Å². The second-order valence-electron chi connectivity index (χ2n) is 3.40. The maximum Gasteiger partial charge on any atom is 0.391 e.